The molecule has 21 heavy (non-hydrogen) atoms. The van der Waals surface area contributed by atoms with Crippen molar-refractivity contribution in [2.24, 2.45) is 5.92 Å². The fraction of sp³-hybridized carbons (Fsp3) is 0.667. The minimum atomic E-state index is -4.39. The van der Waals surface area contributed by atoms with Gasteiger partial charge in [-0.15, -0.1) is 0 Å². The molecule has 1 aliphatic heterocycles. The zero-order valence-corrected chi connectivity index (χ0v) is 12.3. The molecule has 1 atom stereocenters. The number of nitrogens with one attached hydrogen (secondary N) is 1. The molecule has 0 saturated carbocycles. The first-order valence-corrected chi connectivity index (χ1v) is 7.45. The summed E-state index contributed by atoms with van der Waals surface area (Å²) >= 11 is 0. The van der Waals surface area contributed by atoms with Gasteiger partial charge in [0.25, 0.3) is 0 Å². The number of anilines is 1. The summed E-state index contributed by atoms with van der Waals surface area (Å²) < 4.78 is 37.7. The molecule has 6 heteroatoms. The summed E-state index contributed by atoms with van der Waals surface area (Å²) in [5, 5.41) is 3.01. The van der Waals surface area contributed by atoms with Crippen LogP contribution in [0.2, 0.25) is 0 Å². The van der Waals surface area contributed by atoms with Crippen LogP contribution in [0.25, 0.3) is 0 Å². The summed E-state index contributed by atoms with van der Waals surface area (Å²) in [5.41, 5.74) is -0.851. The molecule has 2 rings (SSSR count). The van der Waals surface area contributed by atoms with Gasteiger partial charge in [-0.05, 0) is 44.0 Å². The Morgan fingerprint density at radius 1 is 1.24 bits per heavy atom. The molecule has 1 aromatic heterocycles. The Morgan fingerprint density at radius 3 is 2.62 bits per heavy atom. The number of piperidine rings is 1. The van der Waals surface area contributed by atoms with Crippen LogP contribution in [0.1, 0.15) is 31.9 Å². The van der Waals surface area contributed by atoms with Crippen molar-refractivity contribution in [1.29, 1.82) is 0 Å². The van der Waals surface area contributed by atoms with Crippen LogP contribution in [0.5, 0.6) is 0 Å². The molecule has 1 N–H and O–H groups in total. The topological polar surface area (TPSA) is 28.2 Å². The van der Waals surface area contributed by atoms with Gasteiger partial charge in [-0.2, -0.15) is 13.2 Å². The Hall–Kier alpha value is -1.30. The van der Waals surface area contributed by atoms with Gasteiger partial charge in [0.15, 0.2) is 0 Å². The molecule has 0 bridgehead atoms. The van der Waals surface area contributed by atoms with Crippen molar-refractivity contribution >= 4 is 5.82 Å². The average molecular weight is 301 g/mol. The van der Waals surface area contributed by atoms with E-state index < -0.39 is 11.9 Å². The SMILES string of the molecule is CC(CNc1cccc(C(F)(F)F)n1)CN1CCCCC1. The van der Waals surface area contributed by atoms with Crippen LogP contribution in [0, 0.1) is 5.92 Å². The first-order chi connectivity index (χ1) is 9.95. The molecule has 0 radical (unpaired) electrons. The van der Waals surface area contributed by atoms with Crippen molar-refractivity contribution in [2.75, 3.05) is 31.5 Å². The minimum Gasteiger partial charge on any atom is -0.370 e. The Labute approximate surface area is 123 Å². The Kier molecular flexibility index (Phi) is 5.45. The quantitative estimate of drug-likeness (QED) is 0.900. The van der Waals surface area contributed by atoms with E-state index in [0.717, 1.165) is 25.7 Å². The summed E-state index contributed by atoms with van der Waals surface area (Å²) in [4.78, 5) is 6.04. The third-order valence-corrected chi connectivity index (χ3v) is 3.69. The second kappa shape index (κ2) is 7.11. The highest BCUT2D eigenvalue weighted by Crippen LogP contribution is 2.28. The molecule has 0 amide bonds. The van der Waals surface area contributed by atoms with Crippen molar-refractivity contribution in [3.05, 3.63) is 23.9 Å². The largest absolute Gasteiger partial charge is 0.433 e. The van der Waals surface area contributed by atoms with Crippen LogP contribution < -0.4 is 5.32 Å². The van der Waals surface area contributed by atoms with E-state index in [1.54, 1.807) is 6.07 Å². The van der Waals surface area contributed by atoms with Crippen molar-refractivity contribution < 1.29 is 13.2 Å². The first kappa shape index (κ1) is 16.1. The van der Waals surface area contributed by atoms with E-state index in [0.29, 0.717) is 12.5 Å². The third-order valence-electron chi connectivity index (χ3n) is 3.69. The maximum absolute atomic E-state index is 12.6. The normalized spacial score (nSPS) is 18.5. The standard InChI is InChI=1S/C15H22F3N3/c1-12(11-21-8-3-2-4-9-21)10-19-14-7-5-6-13(20-14)15(16,17)18/h5-7,12H,2-4,8-11H2,1H3,(H,19,20). The zero-order chi connectivity index (χ0) is 15.3. The lowest BCUT2D eigenvalue weighted by molar-refractivity contribution is -0.141. The van der Waals surface area contributed by atoms with Crippen molar-refractivity contribution in [2.45, 2.75) is 32.4 Å². The smallest absolute Gasteiger partial charge is 0.370 e. The van der Waals surface area contributed by atoms with Crippen molar-refractivity contribution in [3.8, 4) is 0 Å². The molecule has 3 nitrogen and oxygen atoms in total. The lowest BCUT2D eigenvalue weighted by atomic mass is 10.1. The Morgan fingerprint density at radius 2 is 1.95 bits per heavy atom. The number of pyridine rings is 1. The lowest BCUT2D eigenvalue weighted by Gasteiger charge is -2.29. The van der Waals surface area contributed by atoms with Gasteiger partial charge in [-0.25, -0.2) is 4.98 Å². The van der Waals surface area contributed by atoms with Crippen LogP contribution in [0.4, 0.5) is 19.0 Å². The van der Waals surface area contributed by atoms with Gasteiger partial charge in [-0.3, -0.25) is 0 Å². The van der Waals surface area contributed by atoms with Crippen LogP contribution in [0.15, 0.2) is 18.2 Å². The average Bonchev–Trinajstić information content (AvgIpc) is 2.46. The van der Waals surface area contributed by atoms with Gasteiger partial charge in [0.2, 0.25) is 0 Å². The number of aromatic nitrogens is 1. The lowest BCUT2D eigenvalue weighted by Crippen LogP contribution is -2.35. The summed E-state index contributed by atoms with van der Waals surface area (Å²) in [7, 11) is 0. The van der Waals surface area contributed by atoms with E-state index in [4.69, 9.17) is 0 Å². The van der Waals surface area contributed by atoms with Crippen LogP contribution in [-0.4, -0.2) is 36.1 Å². The van der Waals surface area contributed by atoms with Gasteiger partial charge in [-0.1, -0.05) is 19.4 Å². The first-order valence-electron chi connectivity index (χ1n) is 7.45. The summed E-state index contributed by atoms with van der Waals surface area (Å²) in [6, 6.07) is 3.94. The van der Waals surface area contributed by atoms with E-state index in [9.17, 15) is 13.2 Å². The van der Waals surface area contributed by atoms with Crippen molar-refractivity contribution in [3.63, 3.8) is 0 Å². The molecule has 118 valence electrons. The highest BCUT2D eigenvalue weighted by Gasteiger charge is 2.32. The molecular formula is C15H22F3N3. The number of rotatable bonds is 5. The van der Waals surface area contributed by atoms with E-state index in [2.05, 4.69) is 22.1 Å². The molecular weight excluding hydrogens is 279 g/mol. The Balaban J connectivity index is 1.82. The van der Waals surface area contributed by atoms with E-state index in [1.807, 2.05) is 0 Å². The molecule has 1 aromatic rings. The number of likely N-dealkylation sites (tertiary alicyclic amines) is 1. The maximum Gasteiger partial charge on any atom is 0.433 e. The number of halogens is 3. The van der Waals surface area contributed by atoms with Gasteiger partial charge in [0.1, 0.15) is 11.5 Å². The minimum absolute atomic E-state index is 0.287. The molecule has 1 aliphatic rings. The number of nitrogens with zero attached hydrogens (tertiary/aromatic N) is 2. The van der Waals surface area contributed by atoms with Gasteiger partial charge in [0, 0.05) is 13.1 Å². The number of alkyl halides is 3. The van der Waals surface area contributed by atoms with Crippen LogP contribution >= 0.6 is 0 Å². The predicted octanol–water partition coefficient (Wildman–Crippen LogP) is 3.63. The van der Waals surface area contributed by atoms with Crippen molar-refractivity contribution in [1.82, 2.24) is 9.88 Å². The summed E-state index contributed by atoms with van der Waals surface area (Å²) in [6.07, 6.45) is -0.598. The second-order valence-electron chi connectivity index (χ2n) is 5.75. The molecule has 1 unspecified atom stereocenters. The third kappa shape index (κ3) is 5.19. The monoisotopic (exact) mass is 301 g/mol. The zero-order valence-electron chi connectivity index (χ0n) is 12.3. The summed E-state index contributed by atoms with van der Waals surface area (Å²) in [6.45, 7) is 5.98. The predicted molar refractivity (Wildman–Crippen MR) is 77.2 cm³/mol. The highest BCUT2D eigenvalue weighted by atomic mass is 19.4. The second-order valence-corrected chi connectivity index (χ2v) is 5.75. The van der Waals surface area contributed by atoms with Gasteiger partial charge < -0.3 is 10.2 Å². The number of hydrogen-bond acceptors (Lipinski definition) is 3. The summed E-state index contributed by atoms with van der Waals surface area (Å²) in [5.74, 6) is 0.662. The van der Waals surface area contributed by atoms with Gasteiger partial charge >= 0.3 is 6.18 Å². The molecule has 1 fully saturated rings. The maximum atomic E-state index is 12.6. The molecule has 1 saturated heterocycles. The van der Waals surface area contributed by atoms with Crippen LogP contribution in [0.3, 0.4) is 0 Å². The number of hydrogen-bond donors (Lipinski definition) is 1. The van der Waals surface area contributed by atoms with E-state index in [-0.39, 0.29) is 5.82 Å². The van der Waals surface area contributed by atoms with Crippen LogP contribution in [-0.2, 0) is 6.18 Å². The fourth-order valence-electron chi connectivity index (χ4n) is 2.62. The highest BCUT2D eigenvalue weighted by molar-refractivity contribution is 5.35. The molecule has 2 heterocycles. The fourth-order valence-corrected chi connectivity index (χ4v) is 2.62. The van der Waals surface area contributed by atoms with E-state index >= 15 is 0 Å². The molecule has 0 spiro atoms. The van der Waals surface area contributed by atoms with E-state index in [1.165, 1.54) is 25.3 Å². The Bertz CT molecular complexity index is 442. The molecule has 0 aliphatic carbocycles. The molecule has 0 aromatic carbocycles. The van der Waals surface area contributed by atoms with Gasteiger partial charge in [0.05, 0.1) is 0 Å².